The minimum absolute atomic E-state index is 0.0656. The zero-order valence-corrected chi connectivity index (χ0v) is 16.9. The van der Waals surface area contributed by atoms with E-state index in [1.807, 2.05) is 30.3 Å². The molecule has 1 saturated heterocycles. The van der Waals surface area contributed by atoms with Gasteiger partial charge in [-0.3, -0.25) is 9.59 Å². The van der Waals surface area contributed by atoms with Crippen LogP contribution in [0.25, 0.3) is 0 Å². The first kappa shape index (κ1) is 19.5. The molecule has 0 spiro atoms. The Kier molecular flexibility index (Phi) is 5.86. The summed E-state index contributed by atoms with van der Waals surface area (Å²) in [4.78, 5) is 26.5. The molecule has 0 unspecified atom stereocenters. The number of carbonyl (C=O) groups is 2. The van der Waals surface area contributed by atoms with Crippen LogP contribution in [0.4, 0.5) is 15.2 Å². The lowest BCUT2D eigenvalue weighted by Crippen LogP contribution is -2.28. The number of hydrogen-bond donors (Lipinski definition) is 1. The monoisotopic (exact) mass is 428 g/mol. The number of nitrogens with one attached hydrogen (secondary N) is 1. The van der Waals surface area contributed by atoms with Crippen molar-refractivity contribution < 1.29 is 14.0 Å². The summed E-state index contributed by atoms with van der Waals surface area (Å²) in [5, 5.41) is 11.3. The molecular weight excluding hydrogens is 411 g/mol. The first-order valence-electron chi connectivity index (χ1n) is 8.95. The Labute approximate surface area is 175 Å². The van der Waals surface area contributed by atoms with Gasteiger partial charge in [-0.05, 0) is 29.8 Å². The molecule has 0 bridgehead atoms. The highest BCUT2D eigenvalue weighted by atomic mass is 32.2. The molecule has 1 aromatic heterocycles. The van der Waals surface area contributed by atoms with E-state index in [4.69, 9.17) is 0 Å². The van der Waals surface area contributed by atoms with E-state index in [0.717, 1.165) is 11.3 Å². The Morgan fingerprint density at radius 3 is 2.69 bits per heavy atom. The number of halogens is 1. The average Bonchev–Trinajstić information content (AvgIpc) is 3.34. The Hall–Kier alpha value is -2.78. The fraction of sp³-hybridized carbons (Fsp3) is 0.200. The maximum absolute atomic E-state index is 13.0. The summed E-state index contributed by atoms with van der Waals surface area (Å²) in [7, 11) is 0. The summed E-state index contributed by atoms with van der Waals surface area (Å²) in [6.45, 7) is 0.347. The molecule has 3 aromatic rings. The van der Waals surface area contributed by atoms with Gasteiger partial charge < -0.3 is 10.2 Å². The molecule has 0 saturated carbocycles. The van der Waals surface area contributed by atoms with Gasteiger partial charge in [-0.2, -0.15) is 0 Å². The van der Waals surface area contributed by atoms with E-state index >= 15 is 0 Å². The lowest BCUT2D eigenvalue weighted by atomic mass is 10.1. The van der Waals surface area contributed by atoms with Crippen LogP contribution in [0.1, 0.15) is 12.0 Å². The molecule has 1 N–H and O–H groups in total. The molecule has 2 heterocycles. The van der Waals surface area contributed by atoms with Gasteiger partial charge >= 0.3 is 0 Å². The fourth-order valence-electron chi connectivity index (χ4n) is 2.99. The molecule has 6 nitrogen and oxygen atoms in total. The van der Waals surface area contributed by atoms with Crippen LogP contribution in [-0.2, 0) is 15.3 Å². The number of benzene rings is 2. The van der Waals surface area contributed by atoms with Gasteiger partial charge in [-0.15, -0.1) is 10.2 Å². The second-order valence-corrected chi connectivity index (χ2v) is 8.72. The minimum atomic E-state index is -0.429. The van der Waals surface area contributed by atoms with Gasteiger partial charge in [0.25, 0.3) is 0 Å². The van der Waals surface area contributed by atoms with Crippen molar-refractivity contribution in [1.82, 2.24) is 10.2 Å². The maximum Gasteiger partial charge on any atom is 0.231 e. The summed E-state index contributed by atoms with van der Waals surface area (Å²) < 4.78 is 13.7. The number of nitrogens with zero attached hydrogens (tertiary/aromatic N) is 3. The SMILES string of the molecule is O=C(Nc1nnc(SCc2ccc(F)cc2)s1)[C@@H]1CC(=O)N(c2ccccc2)C1. The average molecular weight is 429 g/mol. The standard InChI is InChI=1S/C20H17FN4O2S2/c21-15-8-6-13(7-9-15)12-28-20-24-23-19(29-20)22-18(27)14-10-17(26)25(11-14)16-4-2-1-3-5-16/h1-9,14H,10-12H2,(H,22,23,27)/t14-/m1/s1. The first-order chi connectivity index (χ1) is 14.1. The van der Waals surface area contributed by atoms with Crippen LogP contribution in [-0.4, -0.2) is 28.6 Å². The Morgan fingerprint density at radius 1 is 1.17 bits per heavy atom. The van der Waals surface area contributed by atoms with Crippen LogP contribution in [0.5, 0.6) is 0 Å². The Bertz CT molecular complexity index is 1010. The Morgan fingerprint density at radius 2 is 1.93 bits per heavy atom. The number of hydrogen-bond acceptors (Lipinski definition) is 6. The van der Waals surface area contributed by atoms with Crippen molar-refractivity contribution in [3.8, 4) is 0 Å². The van der Waals surface area contributed by atoms with Crippen molar-refractivity contribution in [2.24, 2.45) is 5.92 Å². The van der Waals surface area contributed by atoms with E-state index in [9.17, 15) is 14.0 Å². The lowest BCUT2D eigenvalue weighted by molar-refractivity contribution is -0.122. The second kappa shape index (κ2) is 8.71. The van der Waals surface area contributed by atoms with Crippen LogP contribution in [0.15, 0.2) is 58.9 Å². The van der Waals surface area contributed by atoms with E-state index in [1.54, 1.807) is 17.0 Å². The number of aromatic nitrogens is 2. The normalized spacial score (nSPS) is 16.2. The molecule has 29 heavy (non-hydrogen) atoms. The predicted octanol–water partition coefficient (Wildman–Crippen LogP) is 3.96. The highest BCUT2D eigenvalue weighted by molar-refractivity contribution is 8.00. The number of thioether (sulfide) groups is 1. The summed E-state index contributed by atoms with van der Waals surface area (Å²) >= 11 is 2.74. The summed E-state index contributed by atoms with van der Waals surface area (Å²) in [5.74, 6) is -0.364. The van der Waals surface area contributed by atoms with Gasteiger partial charge in [0.05, 0.1) is 5.92 Å². The van der Waals surface area contributed by atoms with Crippen LogP contribution < -0.4 is 10.2 Å². The fourth-order valence-corrected chi connectivity index (χ4v) is 4.70. The van der Waals surface area contributed by atoms with Crippen LogP contribution in [0, 0.1) is 11.7 Å². The topological polar surface area (TPSA) is 75.2 Å². The molecule has 1 atom stereocenters. The van der Waals surface area contributed by atoms with E-state index in [1.165, 1.54) is 35.2 Å². The zero-order chi connectivity index (χ0) is 20.2. The van der Waals surface area contributed by atoms with Gasteiger partial charge in [0.2, 0.25) is 16.9 Å². The largest absolute Gasteiger partial charge is 0.312 e. The molecule has 1 aliphatic rings. The van der Waals surface area contributed by atoms with Crippen molar-refractivity contribution in [3.63, 3.8) is 0 Å². The van der Waals surface area contributed by atoms with Crippen LogP contribution >= 0.6 is 23.1 Å². The van der Waals surface area contributed by atoms with Gasteiger partial charge in [-0.25, -0.2) is 4.39 Å². The minimum Gasteiger partial charge on any atom is -0.312 e. The molecule has 9 heteroatoms. The van der Waals surface area contributed by atoms with Crippen molar-refractivity contribution in [1.29, 1.82) is 0 Å². The molecule has 1 aliphatic heterocycles. The Balaban J connectivity index is 1.32. The van der Waals surface area contributed by atoms with E-state index in [-0.39, 0.29) is 24.1 Å². The highest BCUT2D eigenvalue weighted by Gasteiger charge is 2.35. The number of para-hydroxylation sites is 1. The number of carbonyl (C=O) groups excluding carboxylic acids is 2. The summed E-state index contributed by atoms with van der Waals surface area (Å²) in [6.07, 6.45) is 0.172. The number of anilines is 2. The third-order valence-corrected chi connectivity index (χ3v) is 6.52. The molecule has 1 fully saturated rings. The van der Waals surface area contributed by atoms with Crippen molar-refractivity contribution in [2.45, 2.75) is 16.5 Å². The summed E-state index contributed by atoms with van der Waals surface area (Å²) in [5.41, 5.74) is 1.77. The van der Waals surface area contributed by atoms with Crippen molar-refractivity contribution in [2.75, 3.05) is 16.8 Å². The predicted molar refractivity (Wildman–Crippen MR) is 111 cm³/mol. The van der Waals surface area contributed by atoms with E-state index in [0.29, 0.717) is 21.8 Å². The van der Waals surface area contributed by atoms with Gasteiger partial charge in [-0.1, -0.05) is 53.4 Å². The van der Waals surface area contributed by atoms with Crippen LogP contribution in [0.3, 0.4) is 0 Å². The molecule has 2 amide bonds. The van der Waals surface area contributed by atoms with Gasteiger partial charge in [0.15, 0.2) is 4.34 Å². The molecule has 2 aromatic carbocycles. The lowest BCUT2D eigenvalue weighted by Gasteiger charge is -2.16. The number of rotatable bonds is 6. The van der Waals surface area contributed by atoms with E-state index in [2.05, 4.69) is 15.5 Å². The van der Waals surface area contributed by atoms with Gasteiger partial charge in [0, 0.05) is 24.4 Å². The van der Waals surface area contributed by atoms with Crippen molar-refractivity contribution in [3.05, 3.63) is 66.0 Å². The smallest absolute Gasteiger partial charge is 0.231 e. The zero-order valence-electron chi connectivity index (χ0n) is 15.2. The van der Waals surface area contributed by atoms with Gasteiger partial charge in [0.1, 0.15) is 5.82 Å². The maximum atomic E-state index is 13.0. The molecule has 4 rings (SSSR count). The highest BCUT2D eigenvalue weighted by Crippen LogP contribution is 2.30. The third-order valence-electron chi connectivity index (χ3n) is 4.48. The van der Waals surface area contributed by atoms with Crippen molar-refractivity contribution >= 4 is 45.7 Å². The first-order valence-corrected chi connectivity index (χ1v) is 10.8. The van der Waals surface area contributed by atoms with E-state index < -0.39 is 5.92 Å². The quantitative estimate of drug-likeness (QED) is 0.475. The second-order valence-electron chi connectivity index (χ2n) is 6.52. The number of amides is 2. The molecule has 0 radical (unpaired) electrons. The van der Waals surface area contributed by atoms with Crippen LogP contribution in [0.2, 0.25) is 0 Å². The third kappa shape index (κ3) is 4.80. The molecular formula is C20H17FN4O2S2. The summed E-state index contributed by atoms with van der Waals surface area (Å²) in [6, 6.07) is 15.6. The molecule has 148 valence electrons. The molecule has 0 aliphatic carbocycles.